The van der Waals surface area contributed by atoms with Crippen molar-refractivity contribution in [2.24, 2.45) is 5.92 Å². The number of amides is 1. The molecule has 1 rings (SSSR count). The molecule has 0 spiro atoms. The van der Waals surface area contributed by atoms with Crippen molar-refractivity contribution in [2.75, 3.05) is 5.32 Å². The van der Waals surface area contributed by atoms with Gasteiger partial charge in [-0.05, 0) is 18.1 Å². The van der Waals surface area contributed by atoms with Gasteiger partial charge in [0.15, 0.2) is 0 Å². The summed E-state index contributed by atoms with van der Waals surface area (Å²) < 4.78 is 0. The highest BCUT2D eigenvalue weighted by Gasteiger charge is 2.08. The molecular weight excluding hydrogens is 186 g/mol. The molecular formula is C13H19NO. The monoisotopic (exact) mass is 205 g/mol. The Morgan fingerprint density at radius 2 is 2.00 bits per heavy atom. The number of hydrogen-bond acceptors (Lipinski definition) is 1. The first kappa shape index (κ1) is 11.8. The van der Waals surface area contributed by atoms with Gasteiger partial charge < -0.3 is 5.32 Å². The van der Waals surface area contributed by atoms with E-state index in [1.54, 1.807) is 0 Å². The molecule has 0 unspecified atom stereocenters. The summed E-state index contributed by atoms with van der Waals surface area (Å²) in [7, 11) is 0. The predicted octanol–water partition coefficient (Wildman–Crippen LogP) is 3.23. The Kier molecular flexibility index (Phi) is 4.35. The Labute approximate surface area is 91.7 Å². The summed E-state index contributed by atoms with van der Waals surface area (Å²) in [5.41, 5.74) is 2.17. The molecule has 0 bridgehead atoms. The molecule has 0 aliphatic rings. The maximum Gasteiger partial charge on any atom is 0.226 e. The maximum atomic E-state index is 11.6. The minimum Gasteiger partial charge on any atom is -0.326 e. The lowest BCUT2D eigenvalue weighted by Crippen LogP contribution is -2.18. The minimum absolute atomic E-state index is 0.0275. The van der Waals surface area contributed by atoms with Gasteiger partial charge in [0.05, 0.1) is 0 Å². The number of hydrogen-bond donors (Lipinski definition) is 1. The lowest BCUT2D eigenvalue weighted by Gasteiger charge is -2.11. The van der Waals surface area contributed by atoms with Crippen LogP contribution >= 0.6 is 0 Å². The molecule has 2 nitrogen and oxygen atoms in total. The quantitative estimate of drug-likeness (QED) is 0.803. The first-order valence-electron chi connectivity index (χ1n) is 5.54. The molecule has 0 aromatic heterocycles. The van der Waals surface area contributed by atoms with Crippen molar-refractivity contribution in [2.45, 2.75) is 33.6 Å². The number of benzene rings is 1. The number of rotatable bonds is 4. The van der Waals surface area contributed by atoms with Crippen LogP contribution in [0.4, 0.5) is 5.69 Å². The standard InChI is InChI=1S/C13H19NO/c1-4-7-11-8-5-6-9-12(11)14-13(15)10(2)3/h5-6,8-10H,4,7H2,1-3H3,(H,14,15). The van der Waals surface area contributed by atoms with E-state index in [1.807, 2.05) is 32.0 Å². The number of carbonyl (C=O) groups excluding carboxylic acids is 1. The van der Waals surface area contributed by atoms with Crippen LogP contribution in [0.2, 0.25) is 0 Å². The molecule has 15 heavy (non-hydrogen) atoms. The fourth-order valence-electron chi connectivity index (χ4n) is 1.41. The highest BCUT2D eigenvalue weighted by atomic mass is 16.1. The molecule has 1 aromatic rings. The molecule has 0 fully saturated rings. The van der Waals surface area contributed by atoms with Crippen molar-refractivity contribution in [1.29, 1.82) is 0 Å². The fourth-order valence-corrected chi connectivity index (χ4v) is 1.41. The second kappa shape index (κ2) is 5.54. The van der Waals surface area contributed by atoms with Crippen molar-refractivity contribution >= 4 is 11.6 Å². The van der Waals surface area contributed by atoms with Crippen LogP contribution < -0.4 is 5.32 Å². The number of nitrogens with one attached hydrogen (secondary N) is 1. The van der Waals surface area contributed by atoms with Crippen molar-refractivity contribution < 1.29 is 4.79 Å². The van der Waals surface area contributed by atoms with E-state index in [0.717, 1.165) is 18.5 Å². The third-order valence-electron chi connectivity index (χ3n) is 2.32. The molecule has 0 aliphatic carbocycles. The molecule has 0 atom stereocenters. The van der Waals surface area contributed by atoms with Crippen LogP contribution in [0.5, 0.6) is 0 Å². The zero-order valence-corrected chi connectivity index (χ0v) is 9.71. The average molecular weight is 205 g/mol. The van der Waals surface area contributed by atoms with E-state index in [9.17, 15) is 4.79 Å². The predicted molar refractivity (Wildman–Crippen MR) is 63.9 cm³/mol. The summed E-state index contributed by atoms with van der Waals surface area (Å²) in [5.74, 6) is 0.109. The summed E-state index contributed by atoms with van der Waals surface area (Å²) >= 11 is 0. The van der Waals surface area contributed by atoms with Crippen molar-refractivity contribution in [3.63, 3.8) is 0 Å². The van der Waals surface area contributed by atoms with Gasteiger partial charge in [0, 0.05) is 11.6 Å². The lowest BCUT2D eigenvalue weighted by atomic mass is 10.1. The first-order valence-corrected chi connectivity index (χ1v) is 5.54. The van der Waals surface area contributed by atoms with Gasteiger partial charge in [0.1, 0.15) is 0 Å². The van der Waals surface area contributed by atoms with Gasteiger partial charge in [-0.1, -0.05) is 45.4 Å². The maximum absolute atomic E-state index is 11.6. The van der Waals surface area contributed by atoms with Crippen molar-refractivity contribution in [3.8, 4) is 0 Å². The summed E-state index contributed by atoms with van der Waals surface area (Å²) in [6.07, 6.45) is 2.10. The highest BCUT2D eigenvalue weighted by molar-refractivity contribution is 5.92. The Bertz CT molecular complexity index is 331. The molecule has 1 aromatic carbocycles. The van der Waals surface area contributed by atoms with Crippen LogP contribution in [0.25, 0.3) is 0 Å². The van der Waals surface area contributed by atoms with E-state index in [-0.39, 0.29) is 11.8 Å². The Morgan fingerprint density at radius 3 is 2.60 bits per heavy atom. The number of carbonyl (C=O) groups is 1. The topological polar surface area (TPSA) is 29.1 Å². The molecule has 0 radical (unpaired) electrons. The van der Waals surface area contributed by atoms with Gasteiger partial charge in [-0.2, -0.15) is 0 Å². The Balaban J connectivity index is 2.79. The van der Waals surface area contributed by atoms with Gasteiger partial charge in [-0.15, -0.1) is 0 Å². The zero-order chi connectivity index (χ0) is 11.3. The number of para-hydroxylation sites is 1. The van der Waals surface area contributed by atoms with Crippen molar-refractivity contribution in [3.05, 3.63) is 29.8 Å². The van der Waals surface area contributed by atoms with Gasteiger partial charge in [-0.25, -0.2) is 0 Å². The summed E-state index contributed by atoms with van der Waals surface area (Å²) in [5, 5.41) is 2.96. The average Bonchev–Trinajstić information content (AvgIpc) is 2.21. The SMILES string of the molecule is CCCc1ccccc1NC(=O)C(C)C. The summed E-state index contributed by atoms with van der Waals surface area (Å²) in [6, 6.07) is 8.00. The molecule has 2 heteroatoms. The largest absolute Gasteiger partial charge is 0.326 e. The molecule has 0 saturated heterocycles. The summed E-state index contributed by atoms with van der Waals surface area (Å²) in [4.78, 5) is 11.6. The van der Waals surface area contributed by atoms with E-state index >= 15 is 0 Å². The van der Waals surface area contributed by atoms with E-state index in [2.05, 4.69) is 18.3 Å². The van der Waals surface area contributed by atoms with Gasteiger partial charge >= 0.3 is 0 Å². The second-order valence-electron chi connectivity index (χ2n) is 4.05. The normalized spacial score (nSPS) is 10.4. The zero-order valence-electron chi connectivity index (χ0n) is 9.71. The van der Waals surface area contributed by atoms with Crippen LogP contribution in [-0.2, 0) is 11.2 Å². The van der Waals surface area contributed by atoms with Crippen LogP contribution in [-0.4, -0.2) is 5.91 Å². The van der Waals surface area contributed by atoms with Crippen LogP contribution in [0.15, 0.2) is 24.3 Å². The van der Waals surface area contributed by atoms with Gasteiger partial charge in [0.25, 0.3) is 0 Å². The molecule has 0 heterocycles. The first-order chi connectivity index (χ1) is 7.15. The van der Waals surface area contributed by atoms with Crippen LogP contribution in [0.1, 0.15) is 32.8 Å². The molecule has 1 amide bonds. The minimum atomic E-state index is 0.0275. The van der Waals surface area contributed by atoms with Gasteiger partial charge in [0.2, 0.25) is 5.91 Å². The smallest absolute Gasteiger partial charge is 0.226 e. The van der Waals surface area contributed by atoms with E-state index < -0.39 is 0 Å². The third kappa shape index (κ3) is 3.39. The van der Waals surface area contributed by atoms with E-state index in [4.69, 9.17) is 0 Å². The van der Waals surface area contributed by atoms with E-state index in [1.165, 1.54) is 5.56 Å². The van der Waals surface area contributed by atoms with Gasteiger partial charge in [-0.3, -0.25) is 4.79 Å². The van der Waals surface area contributed by atoms with E-state index in [0.29, 0.717) is 0 Å². The highest BCUT2D eigenvalue weighted by Crippen LogP contribution is 2.17. The molecule has 82 valence electrons. The second-order valence-corrected chi connectivity index (χ2v) is 4.05. The third-order valence-corrected chi connectivity index (χ3v) is 2.32. The van der Waals surface area contributed by atoms with Crippen molar-refractivity contribution in [1.82, 2.24) is 0 Å². The fraction of sp³-hybridized carbons (Fsp3) is 0.462. The summed E-state index contributed by atoms with van der Waals surface area (Å²) in [6.45, 7) is 5.94. The number of anilines is 1. The molecule has 0 aliphatic heterocycles. The lowest BCUT2D eigenvalue weighted by molar-refractivity contribution is -0.118. The van der Waals surface area contributed by atoms with Crippen LogP contribution in [0, 0.1) is 5.92 Å². The molecule has 0 saturated carbocycles. The molecule has 1 N–H and O–H groups in total. The number of aryl methyl sites for hydroxylation is 1. The van der Waals surface area contributed by atoms with Crippen LogP contribution in [0.3, 0.4) is 0 Å². The Morgan fingerprint density at radius 1 is 1.33 bits per heavy atom. The Hall–Kier alpha value is -1.31.